The Morgan fingerprint density at radius 2 is 1.84 bits per heavy atom. The van der Waals surface area contributed by atoms with E-state index in [2.05, 4.69) is 47.6 Å². The van der Waals surface area contributed by atoms with E-state index in [-0.39, 0.29) is 17.6 Å². The summed E-state index contributed by atoms with van der Waals surface area (Å²) >= 11 is 0. The number of fused-ring (bicyclic) bond motifs is 1. The van der Waals surface area contributed by atoms with Gasteiger partial charge in [-0.2, -0.15) is 0 Å². The van der Waals surface area contributed by atoms with Crippen LogP contribution < -0.4 is 15.5 Å². The molecule has 1 aliphatic rings. The summed E-state index contributed by atoms with van der Waals surface area (Å²) in [5, 5.41) is 5.83. The molecule has 0 saturated carbocycles. The summed E-state index contributed by atoms with van der Waals surface area (Å²) in [7, 11) is 0. The van der Waals surface area contributed by atoms with Gasteiger partial charge in [0, 0.05) is 31.0 Å². The Morgan fingerprint density at radius 1 is 1.03 bits per heavy atom. The van der Waals surface area contributed by atoms with Crippen molar-refractivity contribution < 1.29 is 14.0 Å². The molecule has 0 saturated heterocycles. The average Bonchev–Trinajstić information content (AvgIpc) is 3.32. The summed E-state index contributed by atoms with van der Waals surface area (Å²) < 4.78 is 5.16. The van der Waals surface area contributed by atoms with E-state index in [1.165, 1.54) is 17.4 Å². The van der Waals surface area contributed by atoms with Gasteiger partial charge < -0.3 is 20.0 Å². The minimum Gasteiger partial charge on any atom is -0.459 e. The largest absolute Gasteiger partial charge is 0.459 e. The molecule has 0 radical (unpaired) electrons. The van der Waals surface area contributed by atoms with Crippen LogP contribution in [0.3, 0.4) is 0 Å². The molecule has 160 valence electrons. The normalized spacial score (nSPS) is 13.1. The van der Waals surface area contributed by atoms with Crippen LogP contribution in [0.1, 0.15) is 45.9 Å². The number of carbonyl (C=O) groups excluding carboxylic acids is 2. The third kappa shape index (κ3) is 4.79. The molecule has 0 spiro atoms. The first kappa shape index (κ1) is 20.7. The Hall–Kier alpha value is -3.54. The van der Waals surface area contributed by atoms with Crippen LogP contribution in [0.4, 0.5) is 11.4 Å². The fourth-order valence-corrected chi connectivity index (χ4v) is 3.77. The highest BCUT2D eigenvalue weighted by atomic mass is 16.3. The number of hydrogen-bond donors (Lipinski definition) is 2. The smallest absolute Gasteiger partial charge is 0.291 e. The highest BCUT2D eigenvalue weighted by Crippen LogP contribution is 2.30. The molecule has 31 heavy (non-hydrogen) atoms. The van der Waals surface area contributed by atoms with Crippen LogP contribution in [0.5, 0.6) is 0 Å². The van der Waals surface area contributed by atoms with Gasteiger partial charge in [-0.05, 0) is 53.8 Å². The lowest BCUT2D eigenvalue weighted by atomic mass is 9.98. The SMILES string of the molecule is CC(C)CNC(=O)c1cc(NC(=O)c2ccco2)ccc1N1CCc2ccccc2C1. The predicted octanol–water partition coefficient (Wildman–Crippen LogP) is 4.48. The van der Waals surface area contributed by atoms with E-state index in [0.29, 0.717) is 23.7 Å². The van der Waals surface area contributed by atoms with Crippen molar-refractivity contribution in [1.29, 1.82) is 0 Å². The zero-order chi connectivity index (χ0) is 21.8. The van der Waals surface area contributed by atoms with Crippen LogP contribution in [0.25, 0.3) is 0 Å². The van der Waals surface area contributed by atoms with Crippen LogP contribution >= 0.6 is 0 Å². The molecule has 2 heterocycles. The first-order valence-corrected chi connectivity index (χ1v) is 10.6. The van der Waals surface area contributed by atoms with E-state index in [1.54, 1.807) is 18.2 Å². The first-order chi connectivity index (χ1) is 15.0. The van der Waals surface area contributed by atoms with Gasteiger partial charge in [-0.15, -0.1) is 0 Å². The third-order valence-corrected chi connectivity index (χ3v) is 5.39. The summed E-state index contributed by atoms with van der Waals surface area (Å²) in [6.07, 6.45) is 2.39. The highest BCUT2D eigenvalue weighted by Gasteiger charge is 2.22. The maximum atomic E-state index is 13.1. The maximum absolute atomic E-state index is 13.1. The number of rotatable bonds is 6. The zero-order valence-electron chi connectivity index (χ0n) is 17.9. The second kappa shape index (κ2) is 9.08. The number of carbonyl (C=O) groups is 2. The molecule has 0 bridgehead atoms. The lowest BCUT2D eigenvalue weighted by molar-refractivity contribution is 0.0947. The Kier molecular flexibility index (Phi) is 6.07. The Balaban J connectivity index is 1.62. The van der Waals surface area contributed by atoms with Crippen molar-refractivity contribution in [2.45, 2.75) is 26.8 Å². The lowest BCUT2D eigenvalue weighted by Crippen LogP contribution is -2.34. The Morgan fingerprint density at radius 3 is 2.58 bits per heavy atom. The second-order valence-corrected chi connectivity index (χ2v) is 8.21. The summed E-state index contributed by atoms with van der Waals surface area (Å²) in [6.45, 7) is 6.29. The summed E-state index contributed by atoms with van der Waals surface area (Å²) in [5.74, 6) is 0.0773. The number of furan rings is 1. The van der Waals surface area contributed by atoms with Crippen LogP contribution in [-0.4, -0.2) is 24.9 Å². The van der Waals surface area contributed by atoms with E-state index in [9.17, 15) is 9.59 Å². The van der Waals surface area contributed by atoms with Crippen LogP contribution in [0, 0.1) is 5.92 Å². The molecule has 0 aliphatic carbocycles. The maximum Gasteiger partial charge on any atom is 0.291 e. The Bertz CT molecular complexity index is 1070. The minimum absolute atomic E-state index is 0.142. The molecular formula is C25H27N3O3. The molecule has 3 aromatic rings. The number of anilines is 2. The van der Waals surface area contributed by atoms with Crippen molar-refractivity contribution in [3.05, 3.63) is 83.3 Å². The second-order valence-electron chi connectivity index (χ2n) is 8.21. The minimum atomic E-state index is -0.349. The van der Waals surface area contributed by atoms with Gasteiger partial charge in [0.15, 0.2) is 5.76 Å². The first-order valence-electron chi connectivity index (χ1n) is 10.6. The van der Waals surface area contributed by atoms with E-state index in [4.69, 9.17) is 4.42 Å². The monoisotopic (exact) mass is 417 g/mol. The number of hydrogen-bond acceptors (Lipinski definition) is 4. The topological polar surface area (TPSA) is 74.6 Å². The lowest BCUT2D eigenvalue weighted by Gasteiger charge is -2.32. The predicted molar refractivity (Wildman–Crippen MR) is 121 cm³/mol. The fraction of sp³-hybridized carbons (Fsp3) is 0.280. The number of nitrogens with one attached hydrogen (secondary N) is 2. The van der Waals surface area contributed by atoms with Crippen molar-refractivity contribution >= 4 is 23.2 Å². The van der Waals surface area contributed by atoms with Crippen molar-refractivity contribution in [3.8, 4) is 0 Å². The van der Waals surface area contributed by atoms with Crippen molar-refractivity contribution in [1.82, 2.24) is 5.32 Å². The molecule has 2 N–H and O–H groups in total. The van der Waals surface area contributed by atoms with Gasteiger partial charge in [0.05, 0.1) is 11.8 Å². The van der Waals surface area contributed by atoms with Gasteiger partial charge >= 0.3 is 0 Å². The van der Waals surface area contributed by atoms with E-state index < -0.39 is 0 Å². The molecule has 0 fully saturated rings. The zero-order valence-corrected chi connectivity index (χ0v) is 17.9. The van der Waals surface area contributed by atoms with Crippen LogP contribution in [0.2, 0.25) is 0 Å². The fourth-order valence-electron chi connectivity index (χ4n) is 3.77. The molecule has 4 rings (SSSR count). The van der Waals surface area contributed by atoms with Gasteiger partial charge in [0.2, 0.25) is 0 Å². The molecule has 6 nitrogen and oxygen atoms in total. The molecule has 0 unspecified atom stereocenters. The molecular weight excluding hydrogens is 390 g/mol. The summed E-state index contributed by atoms with van der Waals surface area (Å²) in [4.78, 5) is 27.7. The third-order valence-electron chi connectivity index (χ3n) is 5.39. The molecule has 2 aromatic carbocycles. The van der Waals surface area contributed by atoms with Crippen molar-refractivity contribution in [3.63, 3.8) is 0 Å². The van der Waals surface area contributed by atoms with Crippen molar-refractivity contribution in [2.75, 3.05) is 23.3 Å². The quantitative estimate of drug-likeness (QED) is 0.620. The molecule has 6 heteroatoms. The Labute approximate surface area is 182 Å². The summed E-state index contributed by atoms with van der Waals surface area (Å²) in [5.41, 5.74) is 4.60. The standard InChI is InChI=1S/C25H27N3O3/c1-17(2)15-26-24(29)21-14-20(27-25(30)23-8-5-13-31-23)9-10-22(21)28-12-11-18-6-3-4-7-19(18)16-28/h3-10,13-14,17H,11-12,15-16H2,1-2H3,(H,26,29)(H,27,30). The summed E-state index contributed by atoms with van der Waals surface area (Å²) in [6, 6.07) is 17.2. The van der Waals surface area contributed by atoms with E-state index in [1.807, 2.05) is 18.2 Å². The molecule has 1 aliphatic heterocycles. The number of amides is 2. The molecule has 2 amide bonds. The number of nitrogens with zero attached hydrogens (tertiary/aromatic N) is 1. The van der Waals surface area contributed by atoms with Crippen molar-refractivity contribution in [2.24, 2.45) is 5.92 Å². The van der Waals surface area contributed by atoms with Crippen LogP contribution in [0.15, 0.2) is 65.3 Å². The van der Waals surface area contributed by atoms with E-state index >= 15 is 0 Å². The highest BCUT2D eigenvalue weighted by molar-refractivity contribution is 6.05. The van der Waals surface area contributed by atoms with Crippen LogP contribution in [-0.2, 0) is 13.0 Å². The van der Waals surface area contributed by atoms with Gasteiger partial charge in [-0.1, -0.05) is 38.1 Å². The molecule has 0 atom stereocenters. The van der Waals surface area contributed by atoms with E-state index in [0.717, 1.165) is 25.2 Å². The van der Waals surface area contributed by atoms with Gasteiger partial charge in [0.1, 0.15) is 0 Å². The van der Waals surface area contributed by atoms with Gasteiger partial charge in [-0.3, -0.25) is 9.59 Å². The number of benzene rings is 2. The van der Waals surface area contributed by atoms with Gasteiger partial charge in [0.25, 0.3) is 11.8 Å². The molecule has 1 aromatic heterocycles. The van der Waals surface area contributed by atoms with Gasteiger partial charge in [-0.25, -0.2) is 0 Å². The average molecular weight is 418 g/mol.